The van der Waals surface area contributed by atoms with Gasteiger partial charge in [-0.25, -0.2) is 0 Å². The first-order valence-corrected chi connectivity index (χ1v) is 6.11. The van der Waals surface area contributed by atoms with Crippen molar-refractivity contribution in [2.45, 2.75) is 19.9 Å². The van der Waals surface area contributed by atoms with E-state index in [4.69, 9.17) is 0 Å². The fourth-order valence-electron chi connectivity index (χ4n) is 2.63. The lowest BCUT2D eigenvalue weighted by Gasteiger charge is -2.28. The van der Waals surface area contributed by atoms with Crippen LogP contribution in [0.4, 0.5) is 0 Å². The van der Waals surface area contributed by atoms with Crippen LogP contribution >= 0.6 is 0 Å². The summed E-state index contributed by atoms with van der Waals surface area (Å²) in [5, 5.41) is 2.32. The van der Waals surface area contributed by atoms with Gasteiger partial charge in [-0.2, -0.15) is 0 Å². The predicted octanol–water partition coefficient (Wildman–Crippen LogP) is 3.21. The summed E-state index contributed by atoms with van der Waals surface area (Å²) in [7, 11) is 0. The molecule has 0 saturated carbocycles. The standard InChI is InChI=1S/C15H15NO/c1-2-9-16-10-12-7-3-5-11-6-4-8-13(14(11)12)15(16)17/h3-8H,2,9-10H2,1H3. The molecule has 0 bridgehead atoms. The molecule has 1 heterocycles. The van der Waals surface area contributed by atoms with Crippen LogP contribution in [0.3, 0.4) is 0 Å². The minimum Gasteiger partial charge on any atom is -0.334 e. The molecule has 1 aliphatic rings. The Morgan fingerprint density at radius 1 is 1.18 bits per heavy atom. The highest BCUT2D eigenvalue weighted by Gasteiger charge is 2.24. The first-order valence-electron chi connectivity index (χ1n) is 6.11. The summed E-state index contributed by atoms with van der Waals surface area (Å²) < 4.78 is 0. The Hall–Kier alpha value is -1.83. The third-order valence-corrected chi connectivity index (χ3v) is 3.36. The highest BCUT2D eigenvalue weighted by molar-refractivity contribution is 6.09. The third kappa shape index (κ3) is 1.52. The Kier molecular flexibility index (Phi) is 2.36. The van der Waals surface area contributed by atoms with Crippen molar-refractivity contribution in [1.82, 2.24) is 4.90 Å². The van der Waals surface area contributed by atoms with E-state index in [2.05, 4.69) is 31.2 Å². The summed E-state index contributed by atoms with van der Waals surface area (Å²) in [6.45, 7) is 3.69. The van der Waals surface area contributed by atoms with Crippen LogP contribution in [0, 0.1) is 0 Å². The van der Waals surface area contributed by atoms with Crippen LogP contribution in [0.25, 0.3) is 10.8 Å². The van der Waals surface area contributed by atoms with E-state index in [1.54, 1.807) is 0 Å². The zero-order valence-corrected chi connectivity index (χ0v) is 9.94. The van der Waals surface area contributed by atoms with Crippen molar-refractivity contribution < 1.29 is 4.79 Å². The molecular formula is C15H15NO. The van der Waals surface area contributed by atoms with E-state index in [1.807, 2.05) is 17.0 Å². The van der Waals surface area contributed by atoms with Crippen LogP contribution in [-0.4, -0.2) is 17.4 Å². The summed E-state index contributed by atoms with van der Waals surface area (Å²) in [4.78, 5) is 14.3. The van der Waals surface area contributed by atoms with Crippen molar-refractivity contribution in [3.05, 3.63) is 47.5 Å². The minimum atomic E-state index is 0.177. The molecule has 2 aromatic rings. The maximum atomic E-state index is 12.3. The first kappa shape index (κ1) is 10.3. The molecule has 2 heteroatoms. The van der Waals surface area contributed by atoms with E-state index in [0.717, 1.165) is 30.5 Å². The smallest absolute Gasteiger partial charge is 0.254 e. The van der Waals surface area contributed by atoms with Crippen LogP contribution in [0.1, 0.15) is 29.3 Å². The highest BCUT2D eigenvalue weighted by Crippen LogP contribution is 2.29. The average Bonchev–Trinajstić information content (AvgIpc) is 2.36. The van der Waals surface area contributed by atoms with Crippen molar-refractivity contribution in [2.75, 3.05) is 6.54 Å². The van der Waals surface area contributed by atoms with Gasteiger partial charge in [0.1, 0.15) is 0 Å². The van der Waals surface area contributed by atoms with E-state index in [1.165, 1.54) is 10.9 Å². The molecule has 0 atom stereocenters. The Balaban J connectivity index is 2.22. The molecule has 1 amide bonds. The molecule has 2 aromatic carbocycles. The molecule has 2 nitrogen and oxygen atoms in total. The third-order valence-electron chi connectivity index (χ3n) is 3.36. The number of rotatable bonds is 2. The first-order chi connectivity index (χ1) is 8.31. The van der Waals surface area contributed by atoms with E-state index < -0.39 is 0 Å². The Morgan fingerprint density at radius 2 is 1.94 bits per heavy atom. The van der Waals surface area contributed by atoms with Crippen LogP contribution in [0.5, 0.6) is 0 Å². The van der Waals surface area contributed by atoms with Gasteiger partial charge in [-0.1, -0.05) is 37.3 Å². The van der Waals surface area contributed by atoms with Crippen molar-refractivity contribution >= 4 is 16.7 Å². The van der Waals surface area contributed by atoms with Gasteiger partial charge in [-0.05, 0) is 28.8 Å². The van der Waals surface area contributed by atoms with Gasteiger partial charge in [0, 0.05) is 18.7 Å². The van der Waals surface area contributed by atoms with Crippen molar-refractivity contribution in [1.29, 1.82) is 0 Å². The van der Waals surface area contributed by atoms with E-state index in [9.17, 15) is 4.79 Å². The number of amides is 1. The number of benzene rings is 2. The second-order valence-corrected chi connectivity index (χ2v) is 4.55. The number of carbonyl (C=O) groups is 1. The molecule has 3 rings (SSSR count). The van der Waals surface area contributed by atoms with Gasteiger partial charge in [0.15, 0.2) is 0 Å². The quantitative estimate of drug-likeness (QED) is 0.768. The zero-order chi connectivity index (χ0) is 11.8. The van der Waals surface area contributed by atoms with Crippen molar-refractivity contribution in [3.8, 4) is 0 Å². The fourth-order valence-corrected chi connectivity index (χ4v) is 2.63. The molecule has 86 valence electrons. The number of hydrogen-bond donors (Lipinski definition) is 0. The lowest BCUT2D eigenvalue weighted by Crippen LogP contribution is -2.34. The Labute approximate surface area is 101 Å². The van der Waals surface area contributed by atoms with Crippen LogP contribution in [0.2, 0.25) is 0 Å². The maximum Gasteiger partial charge on any atom is 0.254 e. The largest absolute Gasteiger partial charge is 0.334 e. The van der Waals surface area contributed by atoms with E-state index in [-0.39, 0.29) is 5.91 Å². The summed E-state index contributed by atoms with van der Waals surface area (Å²) in [5.74, 6) is 0.177. The predicted molar refractivity (Wildman–Crippen MR) is 69.0 cm³/mol. The number of carbonyl (C=O) groups excluding carboxylic acids is 1. The second kappa shape index (κ2) is 3.88. The van der Waals surface area contributed by atoms with Crippen LogP contribution < -0.4 is 0 Å². The van der Waals surface area contributed by atoms with E-state index in [0.29, 0.717) is 0 Å². The van der Waals surface area contributed by atoms with Crippen LogP contribution in [0.15, 0.2) is 36.4 Å². The Bertz CT molecular complexity index is 583. The lowest BCUT2D eigenvalue weighted by molar-refractivity contribution is 0.0738. The zero-order valence-electron chi connectivity index (χ0n) is 9.94. The SMILES string of the molecule is CCCN1Cc2cccc3cccc(c23)C1=O. The molecule has 0 saturated heterocycles. The number of hydrogen-bond acceptors (Lipinski definition) is 1. The summed E-state index contributed by atoms with van der Waals surface area (Å²) in [6.07, 6.45) is 1.00. The molecule has 17 heavy (non-hydrogen) atoms. The molecule has 0 aliphatic carbocycles. The molecule has 0 fully saturated rings. The topological polar surface area (TPSA) is 20.3 Å². The molecule has 0 aromatic heterocycles. The molecule has 0 unspecified atom stereocenters. The van der Waals surface area contributed by atoms with Gasteiger partial charge in [0.05, 0.1) is 0 Å². The van der Waals surface area contributed by atoms with Crippen molar-refractivity contribution in [3.63, 3.8) is 0 Å². The molecule has 1 aliphatic heterocycles. The maximum absolute atomic E-state index is 12.3. The summed E-state index contributed by atoms with van der Waals surface area (Å²) in [5.41, 5.74) is 2.13. The van der Waals surface area contributed by atoms with Gasteiger partial charge in [-0.3, -0.25) is 4.79 Å². The Morgan fingerprint density at radius 3 is 2.71 bits per heavy atom. The van der Waals surface area contributed by atoms with Gasteiger partial charge in [-0.15, -0.1) is 0 Å². The monoisotopic (exact) mass is 225 g/mol. The van der Waals surface area contributed by atoms with Crippen molar-refractivity contribution in [2.24, 2.45) is 0 Å². The normalized spacial score (nSPS) is 14.4. The van der Waals surface area contributed by atoms with E-state index >= 15 is 0 Å². The molecule has 0 spiro atoms. The highest BCUT2D eigenvalue weighted by atomic mass is 16.2. The molecular weight excluding hydrogens is 210 g/mol. The molecule has 0 radical (unpaired) electrons. The van der Waals surface area contributed by atoms with Gasteiger partial charge < -0.3 is 4.90 Å². The summed E-state index contributed by atoms with van der Waals surface area (Å²) >= 11 is 0. The summed E-state index contributed by atoms with van der Waals surface area (Å²) in [6, 6.07) is 12.3. The minimum absolute atomic E-state index is 0.177. The fraction of sp³-hybridized carbons (Fsp3) is 0.267. The average molecular weight is 225 g/mol. The van der Waals surface area contributed by atoms with Crippen LogP contribution in [-0.2, 0) is 6.54 Å². The van der Waals surface area contributed by atoms with Gasteiger partial charge >= 0.3 is 0 Å². The van der Waals surface area contributed by atoms with Gasteiger partial charge in [0.2, 0.25) is 0 Å². The number of nitrogens with zero attached hydrogens (tertiary/aromatic N) is 1. The van der Waals surface area contributed by atoms with Gasteiger partial charge in [0.25, 0.3) is 5.91 Å². The molecule has 0 N–H and O–H groups in total. The second-order valence-electron chi connectivity index (χ2n) is 4.55. The lowest BCUT2D eigenvalue weighted by atomic mass is 9.95.